The quantitative estimate of drug-likeness (QED) is 0.878. The summed E-state index contributed by atoms with van der Waals surface area (Å²) in [5, 5.41) is 4.58. The van der Waals surface area contributed by atoms with Crippen molar-refractivity contribution >= 4 is 26.8 Å². The van der Waals surface area contributed by atoms with E-state index in [4.69, 9.17) is 0 Å². The fourth-order valence-electron chi connectivity index (χ4n) is 2.44. The topological polar surface area (TPSA) is 37.8 Å². The van der Waals surface area contributed by atoms with Gasteiger partial charge in [-0.25, -0.2) is 9.97 Å². The first-order chi connectivity index (χ1) is 8.24. The second-order valence-electron chi connectivity index (χ2n) is 4.51. The van der Waals surface area contributed by atoms with Gasteiger partial charge < -0.3 is 5.32 Å². The molecule has 3 nitrogen and oxygen atoms in total. The molecule has 88 valence electrons. The van der Waals surface area contributed by atoms with Crippen molar-refractivity contribution in [2.75, 3.05) is 13.1 Å². The van der Waals surface area contributed by atoms with E-state index >= 15 is 0 Å². The van der Waals surface area contributed by atoms with E-state index in [1.54, 1.807) is 0 Å². The van der Waals surface area contributed by atoms with Crippen LogP contribution in [-0.2, 0) is 0 Å². The van der Waals surface area contributed by atoms with Crippen LogP contribution in [0.5, 0.6) is 0 Å². The highest BCUT2D eigenvalue weighted by molar-refractivity contribution is 9.10. The van der Waals surface area contributed by atoms with Crippen LogP contribution in [0, 0.1) is 6.92 Å². The summed E-state index contributed by atoms with van der Waals surface area (Å²) in [7, 11) is 0. The van der Waals surface area contributed by atoms with Crippen molar-refractivity contribution in [1.82, 2.24) is 15.3 Å². The Morgan fingerprint density at radius 1 is 1.35 bits per heavy atom. The van der Waals surface area contributed by atoms with Crippen LogP contribution in [0.4, 0.5) is 0 Å². The molecule has 1 aromatic carbocycles. The van der Waals surface area contributed by atoms with Gasteiger partial charge in [-0.15, -0.1) is 0 Å². The Kier molecular flexibility index (Phi) is 2.84. The molecule has 1 atom stereocenters. The van der Waals surface area contributed by atoms with E-state index in [0.29, 0.717) is 5.92 Å². The minimum Gasteiger partial charge on any atom is -0.316 e. The first-order valence-electron chi connectivity index (χ1n) is 5.88. The molecule has 0 saturated carbocycles. The predicted molar refractivity (Wildman–Crippen MR) is 72.2 cm³/mol. The van der Waals surface area contributed by atoms with Gasteiger partial charge in [0.05, 0.1) is 11.2 Å². The zero-order valence-electron chi connectivity index (χ0n) is 9.70. The minimum atomic E-state index is 0.522. The summed E-state index contributed by atoms with van der Waals surface area (Å²) in [5.74, 6) is 1.38. The molecule has 0 amide bonds. The van der Waals surface area contributed by atoms with Crippen molar-refractivity contribution in [3.05, 3.63) is 34.2 Å². The lowest BCUT2D eigenvalue weighted by Crippen LogP contribution is -2.10. The zero-order valence-corrected chi connectivity index (χ0v) is 11.3. The van der Waals surface area contributed by atoms with Crippen LogP contribution in [0.1, 0.15) is 23.9 Å². The number of nitrogens with zero attached hydrogens (tertiary/aromatic N) is 2. The minimum absolute atomic E-state index is 0.522. The molecule has 1 fully saturated rings. The van der Waals surface area contributed by atoms with Gasteiger partial charge in [0.1, 0.15) is 5.82 Å². The average molecular weight is 292 g/mol. The van der Waals surface area contributed by atoms with Gasteiger partial charge in [0.15, 0.2) is 0 Å². The van der Waals surface area contributed by atoms with Gasteiger partial charge in [-0.2, -0.15) is 0 Å². The van der Waals surface area contributed by atoms with E-state index in [2.05, 4.69) is 43.3 Å². The number of aromatic nitrogens is 2. The third kappa shape index (κ3) is 2.07. The molecule has 2 heterocycles. The second kappa shape index (κ2) is 4.35. The lowest BCUT2D eigenvalue weighted by atomic mass is 10.00. The Hall–Kier alpha value is -1.00. The van der Waals surface area contributed by atoms with E-state index in [-0.39, 0.29) is 0 Å². The molecule has 0 bridgehead atoms. The smallest absolute Gasteiger partial charge is 0.126 e. The van der Waals surface area contributed by atoms with E-state index < -0.39 is 0 Å². The maximum absolute atomic E-state index is 4.65. The number of fused-ring (bicyclic) bond motifs is 1. The van der Waals surface area contributed by atoms with Gasteiger partial charge in [0.25, 0.3) is 0 Å². The SMILES string of the molecule is Cc1nc(C2CCNC2)c2cc(Br)ccc2n1. The van der Waals surface area contributed by atoms with Crippen LogP contribution in [0.3, 0.4) is 0 Å². The lowest BCUT2D eigenvalue weighted by Gasteiger charge is -2.12. The van der Waals surface area contributed by atoms with Crippen LogP contribution in [0.2, 0.25) is 0 Å². The van der Waals surface area contributed by atoms with E-state index in [0.717, 1.165) is 35.3 Å². The molecule has 1 aromatic heterocycles. The molecule has 3 rings (SSSR count). The average Bonchev–Trinajstić information content (AvgIpc) is 2.82. The summed E-state index contributed by atoms with van der Waals surface area (Å²) in [6, 6.07) is 6.22. The number of aryl methyl sites for hydroxylation is 1. The summed E-state index contributed by atoms with van der Waals surface area (Å²) in [6.07, 6.45) is 1.16. The van der Waals surface area contributed by atoms with E-state index in [1.165, 1.54) is 11.1 Å². The Morgan fingerprint density at radius 2 is 2.24 bits per heavy atom. The summed E-state index contributed by atoms with van der Waals surface area (Å²) >= 11 is 3.52. The van der Waals surface area contributed by atoms with Gasteiger partial charge in [-0.3, -0.25) is 0 Å². The Morgan fingerprint density at radius 3 is 3.00 bits per heavy atom. The summed E-state index contributed by atoms with van der Waals surface area (Å²) in [6.45, 7) is 4.08. The number of hydrogen-bond acceptors (Lipinski definition) is 3. The van der Waals surface area contributed by atoms with Gasteiger partial charge in [-0.05, 0) is 38.1 Å². The van der Waals surface area contributed by atoms with E-state index in [9.17, 15) is 0 Å². The number of rotatable bonds is 1. The standard InChI is InChI=1S/C13H14BrN3/c1-8-16-12-3-2-10(14)6-11(12)13(17-8)9-4-5-15-7-9/h2-3,6,9,15H,4-5,7H2,1H3. The molecular formula is C13H14BrN3. The summed E-state index contributed by atoms with van der Waals surface area (Å²) in [4.78, 5) is 9.15. The van der Waals surface area contributed by atoms with Crippen LogP contribution >= 0.6 is 15.9 Å². The molecular weight excluding hydrogens is 278 g/mol. The molecule has 0 radical (unpaired) electrons. The van der Waals surface area contributed by atoms with Gasteiger partial charge >= 0.3 is 0 Å². The molecule has 1 aliphatic heterocycles. The lowest BCUT2D eigenvalue weighted by molar-refractivity contribution is 0.735. The summed E-state index contributed by atoms with van der Waals surface area (Å²) < 4.78 is 1.09. The predicted octanol–water partition coefficient (Wildman–Crippen LogP) is 2.78. The van der Waals surface area contributed by atoms with Crippen molar-refractivity contribution in [1.29, 1.82) is 0 Å². The number of nitrogens with one attached hydrogen (secondary N) is 1. The normalized spacial score (nSPS) is 20.0. The van der Waals surface area contributed by atoms with Crippen molar-refractivity contribution < 1.29 is 0 Å². The maximum Gasteiger partial charge on any atom is 0.126 e. The van der Waals surface area contributed by atoms with Crippen molar-refractivity contribution in [2.45, 2.75) is 19.3 Å². The highest BCUT2D eigenvalue weighted by Gasteiger charge is 2.21. The van der Waals surface area contributed by atoms with Crippen molar-refractivity contribution in [2.24, 2.45) is 0 Å². The molecule has 1 aliphatic rings. The summed E-state index contributed by atoms with van der Waals surface area (Å²) in [5.41, 5.74) is 2.24. The highest BCUT2D eigenvalue weighted by atomic mass is 79.9. The first kappa shape index (κ1) is 11.1. The monoisotopic (exact) mass is 291 g/mol. The fraction of sp³-hybridized carbons (Fsp3) is 0.385. The van der Waals surface area contributed by atoms with Crippen LogP contribution in [0.15, 0.2) is 22.7 Å². The molecule has 4 heteroatoms. The number of benzene rings is 1. The molecule has 0 aliphatic carbocycles. The van der Waals surface area contributed by atoms with Crippen LogP contribution < -0.4 is 5.32 Å². The molecule has 1 unspecified atom stereocenters. The fourth-order valence-corrected chi connectivity index (χ4v) is 2.81. The van der Waals surface area contributed by atoms with Crippen LogP contribution in [0.25, 0.3) is 10.9 Å². The molecule has 1 N–H and O–H groups in total. The Balaban J connectivity index is 2.23. The highest BCUT2D eigenvalue weighted by Crippen LogP contribution is 2.29. The zero-order chi connectivity index (χ0) is 11.8. The number of hydrogen-bond donors (Lipinski definition) is 1. The molecule has 1 saturated heterocycles. The van der Waals surface area contributed by atoms with Crippen LogP contribution in [-0.4, -0.2) is 23.1 Å². The first-order valence-corrected chi connectivity index (χ1v) is 6.68. The van der Waals surface area contributed by atoms with Crippen molar-refractivity contribution in [3.8, 4) is 0 Å². The Labute approximate surface area is 109 Å². The van der Waals surface area contributed by atoms with Gasteiger partial charge in [0, 0.05) is 22.3 Å². The Bertz CT molecular complexity index is 562. The largest absolute Gasteiger partial charge is 0.316 e. The number of halogens is 1. The third-order valence-electron chi connectivity index (χ3n) is 3.25. The van der Waals surface area contributed by atoms with Crippen molar-refractivity contribution in [3.63, 3.8) is 0 Å². The van der Waals surface area contributed by atoms with E-state index in [1.807, 2.05) is 13.0 Å². The van der Waals surface area contributed by atoms with Gasteiger partial charge in [-0.1, -0.05) is 15.9 Å². The van der Waals surface area contributed by atoms with Gasteiger partial charge in [0.2, 0.25) is 0 Å². The second-order valence-corrected chi connectivity index (χ2v) is 5.42. The molecule has 2 aromatic rings. The third-order valence-corrected chi connectivity index (χ3v) is 3.74. The molecule has 0 spiro atoms. The maximum atomic E-state index is 4.65. The molecule has 17 heavy (non-hydrogen) atoms.